The smallest absolute Gasteiger partial charge is 0.171 e. The average Bonchev–Trinajstić information content (AvgIpc) is 3.09. The molecule has 3 aliphatic rings. The molecule has 3 unspecified atom stereocenters. The Kier molecular flexibility index (Phi) is 4.39. The molecule has 1 aliphatic carbocycles. The zero-order valence-electron chi connectivity index (χ0n) is 11.7. The van der Waals surface area contributed by atoms with E-state index in [-0.39, 0.29) is 18.0 Å². The van der Waals surface area contributed by atoms with E-state index in [9.17, 15) is 0 Å². The molecule has 1 spiro atoms. The molecule has 3 fully saturated rings. The van der Waals surface area contributed by atoms with Crippen LogP contribution in [-0.2, 0) is 18.9 Å². The highest BCUT2D eigenvalue weighted by atomic mass is 16.7. The zero-order chi connectivity index (χ0) is 13.1. The Balaban J connectivity index is 1.55. The van der Waals surface area contributed by atoms with Crippen LogP contribution in [0.5, 0.6) is 0 Å². The highest BCUT2D eigenvalue weighted by Crippen LogP contribution is 2.37. The lowest BCUT2D eigenvalue weighted by Crippen LogP contribution is -2.51. The molecule has 1 N–H and O–H groups in total. The largest absolute Gasteiger partial charge is 0.376 e. The van der Waals surface area contributed by atoms with E-state index in [1.165, 1.54) is 0 Å². The van der Waals surface area contributed by atoms with E-state index in [1.807, 2.05) is 7.05 Å². The summed E-state index contributed by atoms with van der Waals surface area (Å²) < 4.78 is 23.4. The second kappa shape index (κ2) is 6.06. The minimum atomic E-state index is -0.380. The molecule has 0 aromatic carbocycles. The summed E-state index contributed by atoms with van der Waals surface area (Å²) in [5, 5.41) is 3.36. The van der Waals surface area contributed by atoms with Gasteiger partial charge in [0, 0.05) is 25.5 Å². The maximum Gasteiger partial charge on any atom is 0.171 e. The van der Waals surface area contributed by atoms with Gasteiger partial charge in [-0.1, -0.05) is 0 Å². The second-order valence-electron chi connectivity index (χ2n) is 5.75. The average molecular weight is 271 g/mol. The molecule has 0 aromatic rings. The first-order valence-electron chi connectivity index (χ1n) is 7.50. The van der Waals surface area contributed by atoms with Crippen LogP contribution in [0.1, 0.15) is 32.1 Å². The molecule has 0 bridgehead atoms. The van der Waals surface area contributed by atoms with Crippen molar-refractivity contribution in [1.82, 2.24) is 5.32 Å². The van der Waals surface area contributed by atoms with Crippen LogP contribution in [-0.4, -0.2) is 57.5 Å². The van der Waals surface area contributed by atoms with Crippen LogP contribution in [0.3, 0.4) is 0 Å². The van der Waals surface area contributed by atoms with Crippen molar-refractivity contribution in [1.29, 1.82) is 0 Å². The molecule has 19 heavy (non-hydrogen) atoms. The Labute approximate surface area is 114 Å². The summed E-state index contributed by atoms with van der Waals surface area (Å²) >= 11 is 0. The van der Waals surface area contributed by atoms with E-state index in [4.69, 9.17) is 18.9 Å². The molecule has 2 heterocycles. The molecule has 0 amide bonds. The lowest BCUT2D eigenvalue weighted by Gasteiger charge is -2.41. The molecule has 5 heteroatoms. The van der Waals surface area contributed by atoms with Crippen LogP contribution >= 0.6 is 0 Å². The Morgan fingerprint density at radius 1 is 1.21 bits per heavy atom. The Bertz CT molecular complexity index is 287. The highest BCUT2D eigenvalue weighted by Gasteiger charge is 2.45. The number of likely N-dealkylation sites (N-methyl/N-ethyl adjacent to an activating group) is 1. The van der Waals surface area contributed by atoms with Crippen LogP contribution in [0.4, 0.5) is 0 Å². The molecular formula is C14H25NO4. The second-order valence-corrected chi connectivity index (χ2v) is 5.75. The van der Waals surface area contributed by atoms with E-state index >= 15 is 0 Å². The zero-order valence-corrected chi connectivity index (χ0v) is 11.7. The lowest BCUT2D eigenvalue weighted by molar-refractivity contribution is -0.209. The van der Waals surface area contributed by atoms with Gasteiger partial charge in [-0.25, -0.2) is 0 Å². The Hall–Kier alpha value is -0.200. The molecule has 110 valence electrons. The van der Waals surface area contributed by atoms with Crippen molar-refractivity contribution < 1.29 is 18.9 Å². The molecule has 3 rings (SSSR count). The van der Waals surface area contributed by atoms with E-state index in [0.29, 0.717) is 25.9 Å². The van der Waals surface area contributed by atoms with Gasteiger partial charge in [0.15, 0.2) is 5.79 Å². The quantitative estimate of drug-likeness (QED) is 0.828. The van der Waals surface area contributed by atoms with Gasteiger partial charge in [-0.15, -0.1) is 0 Å². The van der Waals surface area contributed by atoms with Crippen LogP contribution in [0, 0.1) is 0 Å². The fourth-order valence-electron chi connectivity index (χ4n) is 3.38. The van der Waals surface area contributed by atoms with Crippen molar-refractivity contribution in [2.75, 3.05) is 33.5 Å². The maximum atomic E-state index is 6.11. The fraction of sp³-hybridized carbons (Fsp3) is 1.00. The Morgan fingerprint density at radius 3 is 2.74 bits per heavy atom. The minimum absolute atomic E-state index is 0.154. The van der Waals surface area contributed by atoms with E-state index in [0.717, 1.165) is 38.7 Å². The van der Waals surface area contributed by atoms with Gasteiger partial charge < -0.3 is 24.3 Å². The standard InChI is InChI=1S/C14H25NO4/c1-15-12-4-5-14(18-7-8-19-14)9-13(12)17-10-11-3-2-6-16-11/h11-13,15H,2-10H2,1H3. The number of hydrogen-bond donors (Lipinski definition) is 1. The monoisotopic (exact) mass is 271 g/mol. The number of nitrogens with one attached hydrogen (secondary N) is 1. The van der Waals surface area contributed by atoms with Gasteiger partial charge in [0.25, 0.3) is 0 Å². The van der Waals surface area contributed by atoms with Gasteiger partial charge in [-0.3, -0.25) is 0 Å². The summed E-state index contributed by atoms with van der Waals surface area (Å²) in [6, 6.07) is 0.389. The van der Waals surface area contributed by atoms with Gasteiger partial charge in [0.2, 0.25) is 0 Å². The molecule has 2 saturated heterocycles. The molecule has 0 aromatic heterocycles. The van der Waals surface area contributed by atoms with Crippen LogP contribution in [0.2, 0.25) is 0 Å². The van der Waals surface area contributed by atoms with Gasteiger partial charge in [-0.2, -0.15) is 0 Å². The maximum absolute atomic E-state index is 6.11. The Morgan fingerprint density at radius 2 is 2.05 bits per heavy atom. The summed E-state index contributed by atoms with van der Waals surface area (Å²) in [6.45, 7) is 2.99. The van der Waals surface area contributed by atoms with Crippen molar-refractivity contribution >= 4 is 0 Å². The highest BCUT2D eigenvalue weighted by molar-refractivity contribution is 4.92. The normalized spacial score (nSPS) is 38.1. The van der Waals surface area contributed by atoms with Gasteiger partial charge in [-0.05, 0) is 26.3 Å². The number of hydrogen-bond acceptors (Lipinski definition) is 5. The lowest BCUT2D eigenvalue weighted by atomic mass is 9.87. The topological polar surface area (TPSA) is 49.0 Å². The summed E-state index contributed by atoms with van der Waals surface area (Å²) in [6.07, 6.45) is 5.53. The summed E-state index contributed by atoms with van der Waals surface area (Å²) in [5.41, 5.74) is 0. The number of rotatable bonds is 4. The first kappa shape index (κ1) is 13.8. The van der Waals surface area contributed by atoms with Crippen molar-refractivity contribution in [3.8, 4) is 0 Å². The molecule has 5 nitrogen and oxygen atoms in total. The third kappa shape index (κ3) is 3.11. The van der Waals surface area contributed by atoms with Crippen molar-refractivity contribution in [3.05, 3.63) is 0 Å². The summed E-state index contributed by atoms with van der Waals surface area (Å²) in [5.74, 6) is -0.380. The van der Waals surface area contributed by atoms with Gasteiger partial charge in [0.1, 0.15) is 0 Å². The minimum Gasteiger partial charge on any atom is -0.376 e. The van der Waals surface area contributed by atoms with E-state index in [2.05, 4.69) is 5.32 Å². The van der Waals surface area contributed by atoms with E-state index < -0.39 is 0 Å². The SMILES string of the molecule is CNC1CCC2(CC1OCC1CCCO1)OCCO2. The van der Waals surface area contributed by atoms with Crippen molar-refractivity contribution in [3.63, 3.8) is 0 Å². The van der Waals surface area contributed by atoms with Crippen molar-refractivity contribution in [2.24, 2.45) is 0 Å². The third-order valence-corrected chi connectivity index (χ3v) is 4.50. The third-order valence-electron chi connectivity index (χ3n) is 4.50. The summed E-state index contributed by atoms with van der Waals surface area (Å²) in [4.78, 5) is 0. The molecule has 0 radical (unpaired) electrons. The molecule has 1 saturated carbocycles. The predicted molar refractivity (Wildman–Crippen MR) is 70.0 cm³/mol. The van der Waals surface area contributed by atoms with Gasteiger partial charge in [0.05, 0.1) is 32.0 Å². The molecular weight excluding hydrogens is 246 g/mol. The fourth-order valence-corrected chi connectivity index (χ4v) is 3.38. The first-order valence-corrected chi connectivity index (χ1v) is 7.50. The van der Waals surface area contributed by atoms with Crippen LogP contribution < -0.4 is 5.32 Å². The van der Waals surface area contributed by atoms with E-state index in [1.54, 1.807) is 0 Å². The predicted octanol–water partition coefficient (Wildman–Crippen LogP) is 1.07. The van der Waals surface area contributed by atoms with Crippen LogP contribution in [0.25, 0.3) is 0 Å². The van der Waals surface area contributed by atoms with Gasteiger partial charge >= 0.3 is 0 Å². The van der Waals surface area contributed by atoms with Crippen molar-refractivity contribution in [2.45, 2.75) is 56.1 Å². The number of ether oxygens (including phenoxy) is 4. The molecule has 3 atom stereocenters. The molecule has 2 aliphatic heterocycles. The van der Waals surface area contributed by atoms with Crippen LogP contribution in [0.15, 0.2) is 0 Å². The summed E-state index contributed by atoms with van der Waals surface area (Å²) in [7, 11) is 2.00. The first-order chi connectivity index (χ1) is 9.31.